The molecule has 1 aromatic heterocycles. The first-order chi connectivity index (χ1) is 7.74. The first kappa shape index (κ1) is 9.78. The zero-order valence-electron chi connectivity index (χ0n) is 9.10. The van der Waals surface area contributed by atoms with Gasteiger partial charge in [0.05, 0.1) is 0 Å². The minimum Gasteiger partial charge on any atom is -0.283 e. The molecule has 1 aliphatic rings. The fourth-order valence-corrected chi connectivity index (χ4v) is 2.50. The monoisotopic (exact) mass is 231 g/mol. The molecule has 0 atom stereocenters. The van der Waals surface area contributed by atoms with E-state index in [1.165, 1.54) is 11.1 Å². The maximum absolute atomic E-state index is 5.12. The number of nitrogens with zero attached hydrogens (tertiary/aromatic N) is 2. The third-order valence-electron chi connectivity index (χ3n) is 3.22. The zero-order chi connectivity index (χ0) is 11.1. The summed E-state index contributed by atoms with van der Waals surface area (Å²) in [7, 11) is 1.90. The van der Waals surface area contributed by atoms with Crippen LogP contribution >= 0.6 is 12.2 Å². The van der Waals surface area contributed by atoms with E-state index in [4.69, 9.17) is 12.2 Å². The van der Waals surface area contributed by atoms with Crippen molar-refractivity contribution in [2.75, 3.05) is 0 Å². The number of benzene rings is 1. The van der Waals surface area contributed by atoms with Gasteiger partial charge in [0.25, 0.3) is 0 Å². The third-order valence-corrected chi connectivity index (χ3v) is 3.59. The molecule has 1 aliphatic carbocycles. The van der Waals surface area contributed by atoms with Crippen molar-refractivity contribution in [1.29, 1.82) is 0 Å². The molecule has 4 heteroatoms. The molecule has 0 bridgehead atoms. The maximum Gasteiger partial charge on any atom is 0.215 e. The van der Waals surface area contributed by atoms with E-state index in [2.05, 4.69) is 34.3 Å². The Morgan fingerprint density at radius 3 is 2.44 bits per heavy atom. The quantitative estimate of drug-likeness (QED) is 0.764. The first-order valence-electron chi connectivity index (χ1n) is 5.44. The van der Waals surface area contributed by atoms with Crippen molar-refractivity contribution in [1.82, 2.24) is 14.8 Å². The molecule has 3 nitrogen and oxygen atoms in total. The van der Waals surface area contributed by atoms with Crippen molar-refractivity contribution in [2.24, 2.45) is 7.05 Å². The summed E-state index contributed by atoms with van der Waals surface area (Å²) in [5, 5.41) is 3.22. The topological polar surface area (TPSA) is 33.6 Å². The van der Waals surface area contributed by atoms with E-state index in [0.717, 1.165) is 18.7 Å². The number of nitrogens with one attached hydrogen (secondary N) is 1. The highest BCUT2D eigenvalue weighted by Crippen LogP contribution is 2.31. The Hall–Kier alpha value is -1.42. The van der Waals surface area contributed by atoms with Crippen LogP contribution in [-0.2, 0) is 19.9 Å². The van der Waals surface area contributed by atoms with Gasteiger partial charge < -0.3 is 0 Å². The van der Waals surface area contributed by atoms with Gasteiger partial charge in [-0.25, -0.2) is 4.98 Å². The smallest absolute Gasteiger partial charge is 0.215 e. The van der Waals surface area contributed by atoms with E-state index in [0.29, 0.717) is 10.7 Å². The highest BCUT2D eigenvalue weighted by Gasteiger charge is 2.24. The summed E-state index contributed by atoms with van der Waals surface area (Å²) in [6.45, 7) is 0. The van der Waals surface area contributed by atoms with E-state index in [1.807, 2.05) is 7.05 Å². The van der Waals surface area contributed by atoms with Crippen molar-refractivity contribution in [2.45, 2.75) is 18.8 Å². The summed E-state index contributed by atoms with van der Waals surface area (Å²) in [6.07, 6.45) is 2.14. The van der Waals surface area contributed by atoms with Gasteiger partial charge >= 0.3 is 0 Å². The van der Waals surface area contributed by atoms with Crippen LogP contribution in [0.25, 0.3) is 0 Å². The second-order valence-electron chi connectivity index (χ2n) is 4.32. The highest BCUT2D eigenvalue weighted by molar-refractivity contribution is 7.71. The number of aryl methyl sites for hydroxylation is 1. The molecule has 0 spiro atoms. The number of aromatic nitrogens is 3. The molecule has 0 unspecified atom stereocenters. The van der Waals surface area contributed by atoms with Gasteiger partial charge in [0.1, 0.15) is 5.82 Å². The number of hydrogen-bond donors (Lipinski definition) is 1. The normalized spacial score (nSPS) is 15.3. The number of hydrogen-bond acceptors (Lipinski definition) is 2. The van der Waals surface area contributed by atoms with Crippen molar-refractivity contribution in [3.8, 4) is 0 Å². The number of H-pyrrole nitrogens is 1. The van der Waals surface area contributed by atoms with E-state index >= 15 is 0 Å². The molecule has 1 heterocycles. The van der Waals surface area contributed by atoms with Gasteiger partial charge in [-0.05, 0) is 36.2 Å². The summed E-state index contributed by atoms with van der Waals surface area (Å²) in [6, 6.07) is 8.60. The molecule has 82 valence electrons. The summed E-state index contributed by atoms with van der Waals surface area (Å²) < 4.78 is 2.43. The molecule has 3 rings (SSSR count). The molecular formula is C12H13N3S. The maximum atomic E-state index is 5.12. The van der Waals surface area contributed by atoms with Crippen LogP contribution in [0.15, 0.2) is 24.3 Å². The predicted octanol–water partition coefficient (Wildman–Crippen LogP) is 2.36. The minimum atomic E-state index is 0.459. The van der Waals surface area contributed by atoms with Gasteiger partial charge in [0.2, 0.25) is 4.77 Å². The van der Waals surface area contributed by atoms with Crippen LogP contribution in [0.2, 0.25) is 0 Å². The van der Waals surface area contributed by atoms with Gasteiger partial charge in [-0.1, -0.05) is 24.3 Å². The molecular weight excluding hydrogens is 218 g/mol. The average molecular weight is 231 g/mol. The third kappa shape index (κ3) is 1.50. The highest BCUT2D eigenvalue weighted by atomic mass is 32.1. The Morgan fingerprint density at radius 2 is 1.94 bits per heavy atom. The van der Waals surface area contributed by atoms with E-state index in [-0.39, 0.29) is 0 Å². The Bertz CT molecular complexity index is 557. The number of aromatic amines is 1. The van der Waals surface area contributed by atoms with E-state index in [9.17, 15) is 0 Å². The Kier molecular flexibility index (Phi) is 2.17. The van der Waals surface area contributed by atoms with Gasteiger partial charge in [0.15, 0.2) is 0 Å². The molecule has 0 fully saturated rings. The fraction of sp³-hybridized carbons (Fsp3) is 0.333. The molecule has 16 heavy (non-hydrogen) atoms. The Morgan fingerprint density at radius 1 is 1.31 bits per heavy atom. The second-order valence-corrected chi connectivity index (χ2v) is 4.69. The Labute approximate surface area is 99.1 Å². The van der Waals surface area contributed by atoms with Gasteiger partial charge in [-0.3, -0.25) is 9.78 Å². The minimum absolute atomic E-state index is 0.459. The molecule has 0 saturated carbocycles. The van der Waals surface area contributed by atoms with Crippen molar-refractivity contribution in [3.05, 3.63) is 46.0 Å². The first-order valence-corrected chi connectivity index (χ1v) is 5.84. The molecule has 1 N–H and O–H groups in total. The molecule has 0 aliphatic heterocycles. The lowest BCUT2D eigenvalue weighted by Crippen LogP contribution is -2.01. The lowest BCUT2D eigenvalue weighted by Gasteiger charge is -2.03. The van der Waals surface area contributed by atoms with E-state index in [1.54, 1.807) is 4.68 Å². The molecule has 0 amide bonds. The number of rotatable bonds is 1. The van der Waals surface area contributed by atoms with Crippen LogP contribution < -0.4 is 0 Å². The Balaban J connectivity index is 1.94. The van der Waals surface area contributed by atoms with Crippen LogP contribution in [0.1, 0.15) is 22.9 Å². The summed E-state index contributed by atoms with van der Waals surface area (Å²) in [4.78, 5) is 4.40. The van der Waals surface area contributed by atoms with Crippen LogP contribution in [-0.4, -0.2) is 14.8 Å². The van der Waals surface area contributed by atoms with Gasteiger partial charge in [-0.2, -0.15) is 0 Å². The van der Waals surface area contributed by atoms with Gasteiger partial charge in [0, 0.05) is 13.0 Å². The fourth-order valence-electron chi connectivity index (χ4n) is 2.36. The molecule has 0 radical (unpaired) electrons. The van der Waals surface area contributed by atoms with Gasteiger partial charge in [-0.15, -0.1) is 0 Å². The van der Waals surface area contributed by atoms with Crippen LogP contribution in [0.4, 0.5) is 0 Å². The molecule has 0 saturated heterocycles. The zero-order valence-corrected chi connectivity index (χ0v) is 9.92. The summed E-state index contributed by atoms with van der Waals surface area (Å²) >= 11 is 5.12. The van der Waals surface area contributed by atoms with Crippen molar-refractivity contribution < 1.29 is 0 Å². The summed E-state index contributed by atoms with van der Waals surface area (Å²) in [5.74, 6) is 1.48. The lowest BCUT2D eigenvalue weighted by atomic mass is 10.1. The summed E-state index contributed by atoms with van der Waals surface area (Å²) in [5.41, 5.74) is 2.88. The van der Waals surface area contributed by atoms with Crippen LogP contribution in [0, 0.1) is 4.77 Å². The van der Waals surface area contributed by atoms with Crippen molar-refractivity contribution in [3.63, 3.8) is 0 Å². The van der Waals surface area contributed by atoms with Crippen LogP contribution in [0.5, 0.6) is 0 Å². The van der Waals surface area contributed by atoms with Crippen LogP contribution in [0.3, 0.4) is 0 Å². The van der Waals surface area contributed by atoms with E-state index < -0.39 is 0 Å². The molecule has 2 aromatic rings. The largest absolute Gasteiger partial charge is 0.283 e. The SMILES string of the molecule is Cn1[nH]c(C2Cc3ccccc3C2)nc1=S. The lowest BCUT2D eigenvalue weighted by molar-refractivity contribution is 0.657. The standard InChI is InChI=1S/C12H13N3S/c1-15-12(16)13-11(14-15)10-6-8-4-2-3-5-9(8)7-10/h2-5,10H,6-7H2,1H3,(H,13,14,16). The van der Waals surface area contributed by atoms with Crippen molar-refractivity contribution >= 4 is 12.2 Å². The second kappa shape index (κ2) is 3.56. The molecule has 1 aromatic carbocycles. The average Bonchev–Trinajstić information content (AvgIpc) is 2.83. The predicted molar refractivity (Wildman–Crippen MR) is 65.0 cm³/mol. The number of fused-ring (bicyclic) bond motifs is 1.